The van der Waals surface area contributed by atoms with Gasteiger partial charge in [-0.05, 0) is 63.3 Å². The van der Waals surface area contributed by atoms with Gasteiger partial charge in [-0.2, -0.15) is 0 Å². The first-order valence-electron chi connectivity index (χ1n) is 8.95. The number of rotatable bonds is 8. The molecule has 1 fully saturated rings. The number of aryl methyl sites for hydroxylation is 3. The molecule has 3 rings (SSSR count). The lowest BCUT2D eigenvalue weighted by Crippen LogP contribution is -2.29. The van der Waals surface area contributed by atoms with Crippen molar-refractivity contribution in [3.05, 3.63) is 35.2 Å². The van der Waals surface area contributed by atoms with Crippen molar-refractivity contribution in [1.82, 2.24) is 9.88 Å². The van der Waals surface area contributed by atoms with E-state index in [9.17, 15) is 0 Å². The summed E-state index contributed by atoms with van der Waals surface area (Å²) in [6.45, 7) is 7.18. The Balaban J connectivity index is 1.67. The molecule has 2 heterocycles. The van der Waals surface area contributed by atoms with Crippen LogP contribution in [0.1, 0.15) is 49.4 Å². The monoisotopic (exact) mass is 315 g/mol. The first kappa shape index (κ1) is 16.3. The second kappa shape index (κ2) is 6.91. The van der Waals surface area contributed by atoms with E-state index in [1.165, 1.54) is 23.2 Å². The number of hydrogen-bond acceptors (Lipinski definition) is 4. The molecule has 0 unspecified atom stereocenters. The van der Waals surface area contributed by atoms with Crippen LogP contribution in [-0.2, 0) is 12.8 Å². The molecule has 0 amide bonds. The van der Waals surface area contributed by atoms with E-state index in [0.29, 0.717) is 6.54 Å². The van der Waals surface area contributed by atoms with Gasteiger partial charge in [-0.3, -0.25) is 0 Å². The minimum atomic E-state index is -0.135. The van der Waals surface area contributed by atoms with Crippen LogP contribution in [0.5, 0.6) is 5.88 Å². The van der Waals surface area contributed by atoms with Crippen LogP contribution in [0.25, 0.3) is 0 Å². The Bertz CT molecular complexity index is 578. The summed E-state index contributed by atoms with van der Waals surface area (Å²) in [4.78, 5) is 7.26. The molecule has 0 atom stereocenters. The maximum atomic E-state index is 6.20. The van der Waals surface area contributed by atoms with Crippen molar-refractivity contribution in [1.29, 1.82) is 0 Å². The van der Waals surface area contributed by atoms with Gasteiger partial charge in [-0.15, -0.1) is 0 Å². The van der Waals surface area contributed by atoms with Gasteiger partial charge in [0.25, 0.3) is 0 Å². The Kier molecular flexibility index (Phi) is 4.90. The zero-order valence-electron chi connectivity index (χ0n) is 14.5. The third-order valence-electron chi connectivity index (χ3n) is 4.99. The molecule has 1 aliphatic heterocycles. The van der Waals surface area contributed by atoms with Crippen molar-refractivity contribution in [2.24, 2.45) is 5.73 Å². The molecule has 1 aromatic heterocycles. The summed E-state index contributed by atoms with van der Waals surface area (Å²) < 4.78 is 6.20. The van der Waals surface area contributed by atoms with Gasteiger partial charge in [-0.25, -0.2) is 4.98 Å². The molecule has 1 aromatic rings. The number of nitrogens with two attached hydrogens (primary N) is 1. The third-order valence-corrected chi connectivity index (χ3v) is 4.99. The zero-order chi connectivity index (χ0) is 16.3. The lowest BCUT2D eigenvalue weighted by atomic mass is 10.1. The average molecular weight is 315 g/mol. The van der Waals surface area contributed by atoms with E-state index in [-0.39, 0.29) is 5.60 Å². The fourth-order valence-electron chi connectivity index (χ4n) is 3.15. The summed E-state index contributed by atoms with van der Waals surface area (Å²) in [5, 5.41) is 0. The minimum absolute atomic E-state index is 0.135. The second-order valence-corrected chi connectivity index (χ2v) is 6.87. The maximum absolute atomic E-state index is 6.20. The molecule has 2 aliphatic rings. The maximum Gasteiger partial charge on any atom is 0.217 e. The first-order valence-corrected chi connectivity index (χ1v) is 8.95. The third kappa shape index (κ3) is 3.86. The van der Waals surface area contributed by atoms with Crippen LogP contribution in [0, 0.1) is 6.92 Å². The van der Waals surface area contributed by atoms with Crippen molar-refractivity contribution >= 4 is 0 Å². The molecule has 0 bridgehead atoms. The molecule has 0 aromatic carbocycles. The Hall–Kier alpha value is -1.55. The predicted octanol–water partition coefficient (Wildman–Crippen LogP) is 2.97. The summed E-state index contributed by atoms with van der Waals surface area (Å²) in [7, 11) is 0. The molecule has 0 spiro atoms. The standard InChI is InChI=1S/C19H29N3O/c1-3-16-13-15(2)17(7-6-12-22-10-4-5-11-22)21-18(16)23-19(14-20)8-9-19/h4,10,13H,3,5-9,11-12,14,20H2,1-2H3. The number of ether oxygens (including phenoxy) is 1. The highest BCUT2D eigenvalue weighted by molar-refractivity contribution is 5.35. The lowest BCUT2D eigenvalue weighted by Gasteiger charge is -2.20. The van der Waals surface area contributed by atoms with Gasteiger partial charge in [0, 0.05) is 30.9 Å². The molecule has 0 radical (unpaired) electrons. The number of hydrogen-bond donors (Lipinski definition) is 1. The average Bonchev–Trinajstić information content (AvgIpc) is 3.13. The number of aromatic nitrogens is 1. The number of pyridine rings is 1. The van der Waals surface area contributed by atoms with Gasteiger partial charge in [-0.1, -0.05) is 13.0 Å². The fraction of sp³-hybridized carbons (Fsp3) is 0.632. The van der Waals surface area contributed by atoms with Crippen LogP contribution in [0.15, 0.2) is 18.3 Å². The van der Waals surface area contributed by atoms with Crippen LogP contribution in [0.2, 0.25) is 0 Å². The van der Waals surface area contributed by atoms with Crippen molar-refractivity contribution in [2.75, 3.05) is 19.6 Å². The quantitative estimate of drug-likeness (QED) is 0.801. The van der Waals surface area contributed by atoms with Gasteiger partial charge < -0.3 is 15.4 Å². The summed E-state index contributed by atoms with van der Waals surface area (Å²) in [6.07, 6.45) is 10.8. The van der Waals surface area contributed by atoms with E-state index in [4.69, 9.17) is 15.5 Å². The zero-order valence-corrected chi connectivity index (χ0v) is 14.5. The molecule has 4 nitrogen and oxygen atoms in total. The van der Waals surface area contributed by atoms with Crippen LogP contribution < -0.4 is 10.5 Å². The van der Waals surface area contributed by atoms with Crippen molar-refractivity contribution in [3.8, 4) is 5.88 Å². The van der Waals surface area contributed by atoms with E-state index in [0.717, 1.165) is 51.1 Å². The minimum Gasteiger partial charge on any atom is -0.469 e. The Morgan fingerprint density at radius 2 is 2.22 bits per heavy atom. The molecule has 2 N–H and O–H groups in total. The van der Waals surface area contributed by atoms with Gasteiger partial charge in [0.1, 0.15) is 5.60 Å². The van der Waals surface area contributed by atoms with Crippen molar-refractivity contribution < 1.29 is 4.74 Å². The molecular formula is C19H29N3O. The highest BCUT2D eigenvalue weighted by Crippen LogP contribution is 2.40. The molecule has 0 saturated heterocycles. The largest absolute Gasteiger partial charge is 0.469 e. The summed E-state index contributed by atoms with van der Waals surface area (Å²) >= 11 is 0. The highest BCUT2D eigenvalue weighted by atomic mass is 16.5. The lowest BCUT2D eigenvalue weighted by molar-refractivity contribution is 0.177. The molecule has 4 heteroatoms. The molecular weight excluding hydrogens is 286 g/mol. The SMILES string of the molecule is CCc1cc(C)c(CCCN2C=CCC2)nc1OC1(CN)CC1. The predicted molar refractivity (Wildman–Crippen MR) is 93.7 cm³/mol. The Morgan fingerprint density at radius 3 is 2.83 bits per heavy atom. The van der Waals surface area contributed by atoms with Gasteiger partial charge in [0.05, 0.1) is 0 Å². The van der Waals surface area contributed by atoms with E-state index in [2.05, 4.69) is 37.1 Å². The topological polar surface area (TPSA) is 51.4 Å². The first-order chi connectivity index (χ1) is 11.2. The van der Waals surface area contributed by atoms with E-state index in [1.807, 2.05) is 0 Å². The van der Waals surface area contributed by atoms with Crippen LogP contribution >= 0.6 is 0 Å². The number of nitrogens with zero attached hydrogens (tertiary/aromatic N) is 2. The normalized spacial score (nSPS) is 18.5. The van der Waals surface area contributed by atoms with Crippen molar-refractivity contribution in [2.45, 2.75) is 58.0 Å². The van der Waals surface area contributed by atoms with Gasteiger partial charge in [0.2, 0.25) is 5.88 Å². The van der Waals surface area contributed by atoms with E-state index in [1.54, 1.807) is 0 Å². The summed E-state index contributed by atoms with van der Waals surface area (Å²) in [6, 6.07) is 2.25. The molecule has 23 heavy (non-hydrogen) atoms. The van der Waals surface area contributed by atoms with Crippen LogP contribution in [-0.4, -0.2) is 35.1 Å². The molecule has 126 valence electrons. The van der Waals surface area contributed by atoms with Gasteiger partial charge >= 0.3 is 0 Å². The Morgan fingerprint density at radius 1 is 1.39 bits per heavy atom. The van der Waals surface area contributed by atoms with Crippen LogP contribution in [0.4, 0.5) is 0 Å². The summed E-state index contributed by atoms with van der Waals surface area (Å²) in [5.41, 5.74) is 9.38. The van der Waals surface area contributed by atoms with Gasteiger partial charge in [0.15, 0.2) is 0 Å². The Labute approximate surface area is 139 Å². The van der Waals surface area contributed by atoms with Crippen molar-refractivity contribution in [3.63, 3.8) is 0 Å². The smallest absolute Gasteiger partial charge is 0.217 e. The van der Waals surface area contributed by atoms with E-state index >= 15 is 0 Å². The summed E-state index contributed by atoms with van der Waals surface area (Å²) in [5.74, 6) is 0.817. The molecule has 1 aliphatic carbocycles. The van der Waals surface area contributed by atoms with Crippen LogP contribution in [0.3, 0.4) is 0 Å². The molecule has 1 saturated carbocycles. The highest BCUT2D eigenvalue weighted by Gasteiger charge is 2.44. The fourth-order valence-corrected chi connectivity index (χ4v) is 3.15. The second-order valence-electron chi connectivity index (χ2n) is 6.87. The van der Waals surface area contributed by atoms with E-state index < -0.39 is 0 Å².